The first-order chi connectivity index (χ1) is 12.2. The average Bonchev–Trinajstić information content (AvgIpc) is 3.11. The lowest BCUT2D eigenvalue weighted by atomic mass is 9.91. The van der Waals surface area contributed by atoms with Crippen molar-refractivity contribution >= 4 is 5.91 Å². The van der Waals surface area contributed by atoms with E-state index in [1.54, 1.807) is 0 Å². The first kappa shape index (κ1) is 16.3. The number of nitrogens with one attached hydrogen (secondary N) is 2. The monoisotopic (exact) mass is 340 g/mol. The smallest absolute Gasteiger partial charge is 0.231 e. The largest absolute Gasteiger partial charge is 0.346 e. The van der Waals surface area contributed by atoms with Gasteiger partial charge in [-0.15, -0.1) is 0 Å². The average molecular weight is 340 g/mol. The minimum absolute atomic E-state index is 0.129. The number of benzene rings is 1. The number of carbonyl (C=O) groups is 1. The van der Waals surface area contributed by atoms with Gasteiger partial charge in [-0.1, -0.05) is 35.5 Å². The van der Waals surface area contributed by atoms with Crippen LogP contribution in [0.25, 0.3) is 0 Å². The fourth-order valence-corrected chi connectivity index (χ4v) is 3.86. The molecule has 1 aliphatic carbocycles. The van der Waals surface area contributed by atoms with Crippen LogP contribution in [0.3, 0.4) is 0 Å². The van der Waals surface area contributed by atoms with Crippen LogP contribution in [0.5, 0.6) is 0 Å². The molecule has 1 spiro atoms. The Balaban J connectivity index is 1.34. The van der Waals surface area contributed by atoms with Crippen LogP contribution in [-0.2, 0) is 11.2 Å². The van der Waals surface area contributed by atoms with Crippen LogP contribution in [0.4, 0.5) is 0 Å². The summed E-state index contributed by atoms with van der Waals surface area (Å²) in [5, 5.41) is 10.5. The second kappa shape index (κ2) is 6.59. The number of piperidine rings is 1. The van der Waals surface area contributed by atoms with Crippen molar-refractivity contribution < 1.29 is 9.32 Å². The van der Waals surface area contributed by atoms with Gasteiger partial charge < -0.3 is 15.2 Å². The minimum atomic E-state index is -0.236. The molecule has 1 aromatic carbocycles. The van der Waals surface area contributed by atoms with E-state index >= 15 is 0 Å². The number of amides is 1. The molecule has 132 valence electrons. The first-order valence-electron chi connectivity index (χ1n) is 9.04. The van der Waals surface area contributed by atoms with Gasteiger partial charge in [-0.25, -0.2) is 0 Å². The highest BCUT2D eigenvalue weighted by molar-refractivity contribution is 5.82. The summed E-state index contributed by atoms with van der Waals surface area (Å²) >= 11 is 0. The summed E-state index contributed by atoms with van der Waals surface area (Å²) in [7, 11) is 0. The van der Waals surface area contributed by atoms with Crippen molar-refractivity contribution in [3.8, 4) is 0 Å². The Labute approximate surface area is 147 Å². The number of aromatic nitrogens is 2. The normalized spacial score (nSPS) is 22.5. The van der Waals surface area contributed by atoms with E-state index in [2.05, 4.69) is 20.8 Å². The molecule has 1 aliphatic heterocycles. The summed E-state index contributed by atoms with van der Waals surface area (Å²) in [5.74, 6) is 1.39. The molecule has 2 unspecified atom stereocenters. The molecule has 1 saturated heterocycles. The molecule has 0 radical (unpaired) electrons. The van der Waals surface area contributed by atoms with Crippen LogP contribution in [-0.4, -0.2) is 29.1 Å². The number of carbonyl (C=O) groups excluding carboxylic acids is 1. The lowest BCUT2D eigenvalue weighted by Gasteiger charge is -2.23. The van der Waals surface area contributed by atoms with Gasteiger partial charge in [-0.3, -0.25) is 4.79 Å². The standard InChI is InChI=1S/C19H24N4O2/c1-13(21-18(24)15-12-19(15)7-9-20-10-8-19)17-22-16(25-23-17)11-14-5-3-2-4-6-14/h2-6,13,15,20H,7-12H2,1H3,(H,21,24). The molecule has 2 atom stereocenters. The number of rotatable bonds is 5. The van der Waals surface area contributed by atoms with Crippen molar-refractivity contribution in [2.75, 3.05) is 13.1 Å². The van der Waals surface area contributed by atoms with E-state index in [0.717, 1.165) is 37.9 Å². The van der Waals surface area contributed by atoms with Gasteiger partial charge in [0.05, 0.1) is 12.5 Å². The van der Waals surface area contributed by atoms with Crippen molar-refractivity contribution in [2.24, 2.45) is 11.3 Å². The van der Waals surface area contributed by atoms with Gasteiger partial charge in [-0.05, 0) is 50.3 Å². The third-order valence-electron chi connectivity index (χ3n) is 5.53. The Morgan fingerprint density at radius 2 is 2.12 bits per heavy atom. The van der Waals surface area contributed by atoms with Crippen LogP contribution in [0.2, 0.25) is 0 Å². The fraction of sp³-hybridized carbons (Fsp3) is 0.526. The molecular weight excluding hydrogens is 316 g/mol. The summed E-state index contributed by atoms with van der Waals surface area (Å²) in [5.41, 5.74) is 1.37. The summed E-state index contributed by atoms with van der Waals surface area (Å²) < 4.78 is 5.34. The maximum atomic E-state index is 12.5. The number of hydrogen-bond donors (Lipinski definition) is 2. The quantitative estimate of drug-likeness (QED) is 0.872. The van der Waals surface area contributed by atoms with Gasteiger partial charge in [0, 0.05) is 5.92 Å². The Hall–Kier alpha value is -2.21. The molecule has 4 rings (SSSR count). The van der Waals surface area contributed by atoms with E-state index in [1.165, 1.54) is 0 Å². The van der Waals surface area contributed by atoms with Gasteiger partial charge in [0.15, 0.2) is 5.82 Å². The van der Waals surface area contributed by atoms with E-state index in [1.807, 2.05) is 37.3 Å². The number of nitrogens with zero attached hydrogens (tertiary/aromatic N) is 2. The summed E-state index contributed by atoms with van der Waals surface area (Å²) in [6, 6.07) is 9.78. The molecule has 1 amide bonds. The van der Waals surface area contributed by atoms with E-state index in [0.29, 0.717) is 18.1 Å². The molecule has 2 N–H and O–H groups in total. The third kappa shape index (κ3) is 3.44. The highest BCUT2D eigenvalue weighted by Gasteiger charge is 2.57. The Morgan fingerprint density at radius 3 is 2.88 bits per heavy atom. The topological polar surface area (TPSA) is 80.0 Å². The van der Waals surface area contributed by atoms with Crippen LogP contribution >= 0.6 is 0 Å². The molecule has 2 fully saturated rings. The fourth-order valence-electron chi connectivity index (χ4n) is 3.86. The van der Waals surface area contributed by atoms with E-state index < -0.39 is 0 Å². The predicted octanol–water partition coefficient (Wildman–Crippen LogP) is 2.23. The Kier molecular flexibility index (Phi) is 4.29. The van der Waals surface area contributed by atoms with Crippen molar-refractivity contribution in [1.29, 1.82) is 0 Å². The third-order valence-corrected chi connectivity index (χ3v) is 5.53. The number of hydrogen-bond acceptors (Lipinski definition) is 5. The van der Waals surface area contributed by atoms with Gasteiger partial charge in [-0.2, -0.15) is 4.98 Å². The SMILES string of the molecule is CC(NC(=O)C1CC12CCNCC2)c1noc(Cc2ccccc2)n1. The van der Waals surface area contributed by atoms with Crippen molar-refractivity contribution in [3.63, 3.8) is 0 Å². The van der Waals surface area contributed by atoms with E-state index in [-0.39, 0.29) is 23.3 Å². The second-order valence-corrected chi connectivity index (χ2v) is 7.31. The molecule has 1 aromatic heterocycles. The zero-order valence-electron chi connectivity index (χ0n) is 14.5. The van der Waals surface area contributed by atoms with Gasteiger partial charge in [0.25, 0.3) is 0 Å². The first-order valence-corrected chi connectivity index (χ1v) is 9.04. The molecule has 25 heavy (non-hydrogen) atoms. The van der Waals surface area contributed by atoms with Crippen molar-refractivity contribution in [1.82, 2.24) is 20.8 Å². The zero-order chi connectivity index (χ0) is 17.3. The van der Waals surface area contributed by atoms with Gasteiger partial charge in [0.2, 0.25) is 11.8 Å². The van der Waals surface area contributed by atoms with Crippen LogP contribution < -0.4 is 10.6 Å². The molecule has 2 heterocycles. The predicted molar refractivity (Wildman–Crippen MR) is 92.7 cm³/mol. The molecular formula is C19H24N4O2. The highest BCUT2D eigenvalue weighted by Crippen LogP contribution is 2.58. The zero-order valence-corrected chi connectivity index (χ0v) is 14.5. The van der Waals surface area contributed by atoms with Crippen molar-refractivity contribution in [2.45, 2.75) is 38.6 Å². The highest BCUT2D eigenvalue weighted by atomic mass is 16.5. The van der Waals surface area contributed by atoms with Gasteiger partial charge >= 0.3 is 0 Å². The minimum Gasteiger partial charge on any atom is -0.346 e. The second-order valence-electron chi connectivity index (χ2n) is 7.31. The Bertz CT molecular complexity index is 737. The Morgan fingerprint density at radius 1 is 1.36 bits per heavy atom. The summed E-state index contributed by atoms with van der Waals surface area (Å²) in [6.45, 7) is 3.95. The molecule has 0 bridgehead atoms. The lowest BCUT2D eigenvalue weighted by Crippen LogP contribution is -2.34. The lowest BCUT2D eigenvalue weighted by molar-refractivity contribution is -0.124. The maximum absolute atomic E-state index is 12.5. The molecule has 6 heteroatoms. The molecule has 6 nitrogen and oxygen atoms in total. The van der Waals surface area contributed by atoms with Crippen molar-refractivity contribution in [3.05, 3.63) is 47.6 Å². The van der Waals surface area contributed by atoms with E-state index in [9.17, 15) is 4.79 Å². The van der Waals surface area contributed by atoms with Crippen LogP contribution in [0, 0.1) is 11.3 Å². The molecule has 2 aromatic rings. The summed E-state index contributed by atoms with van der Waals surface area (Å²) in [4.78, 5) is 17.0. The molecule has 1 saturated carbocycles. The van der Waals surface area contributed by atoms with Crippen LogP contribution in [0.1, 0.15) is 49.5 Å². The van der Waals surface area contributed by atoms with E-state index in [4.69, 9.17) is 4.52 Å². The van der Waals surface area contributed by atoms with Gasteiger partial charge in [0.1, 0.15) is 0 Å². The van der Waals surface area contributed by atoms with Crippen LogP contribution in [0.15, 0.2) is 34.9 Å². The summed E-state index contributed by atoms with van der Waals surface area (Å²) in [6.07, 6.45) is 3.82. The molecule has 2 aliphatic rings. The maximum Gasteiger partial charge on any atom is 0.231 e.